The predicted molar refractivity (Wildman–Crippen MR) is 83.9 cm³/mol. The van der Waals surface area contributed by atoms with Crippen molar-refractivity contribution in [3.63, 3.8) is 0 Å². The van der Waals surface area contributed by atoms with Gasteiger partial charge in [0.2, 0.25) is 0 Å². The lowest BCUT2D eigenvalue weighted by atomic mass is 9.84. The molecule has 0 aliphatic heterocycles. The molecule has 0 saturated carbocycles. The normalized spacial score (nSPS) is 14.2. The van der Waals surface area contributed by atoms with Gasteiger partial charge in [0.05, 0.1) is 6.54 Å². The van der Waals surface area contributed by atoms with Crippen molar-refractivity contribution in [1.29, 1.82) is 0 Å². The first-order valence-corrected chi connectivity index (χ1v) is 7.92. The summed E-state index contributed by atoms with van der Waals surface area (Å²) in [6.07, 6.45) is 2.09. The van der Waals surface area contributed by atoms with Gasteiger partial charge in [0.25, 0.3) is 0 Å². The molecule has 11 heteroatoms. The minimum Gasteiger partial charge on any atom is -0.377 e. The van der Waals surface area contributed by atoms with E-state index in [1.54, 1.807) is 0 Å². The van der Waals surface area contributed by atoms with Gasteiger partial charge >= 0.3 is 5.92 Å². The quantitative estimate of drug-likeness (QED) is 0.628. The van der Waals surface area contributed by atoms with E-state index in [0.29, 0.717) is 6.07 Å². The van der Waals surface area contributed by atoms with E-state index in [-0.39, 0.29) is 4.47 Å². The number of tetrazole rings is 1. The van der Waals surface area contributed by atoms with Crippen LogP contribution in [0.5, 0.6) is 0 Å². The van der Waals surface area contributed by atoms with Crippen LogP contribution >= 0.6 is 15.9 Å². The van der Waals surface area contributed by atoms with Gasteiger partial charge in [-0.3, -0.25) is 4.98 Å². The maximum Gasteiger partial charge on any atom is 0.323 e. The van der Waals surface area contributed by atoms with Crippen LogP contribution in [0, 0.1) is 11.6 Å². The van der Waals surface area contributed by atoms with E-state index >= 15 is 8.78 Å². The van der Waals surface area contributed by atoms with E-state index in [4.69, 9.17) is 0 Å². The minimum absolute atomic E-state index is 0.284. The summed E-state index contributed by atoms with van der Waals surface area (Å²) in [5.41, 5.74) is -4.78. The smallest absolute Gasteiger partial charge is 0.323 e. The van der Waals surface area contributed by atoms with Crippen LogP contribution in [-0.2, 0) is 18.1 Å². The number of aromatic nitrogens is 5. The number of hydrogen-bond acceptors (Lipinski definition) is 5. The van der Waals surface area contributed by atoms with Gasteiger partial charge in [-0.1, -0.05) is 15.9 Å². The second-order valence-corrected chi connectivity index (χ2v) is 6.34. The lowest BCUT2D eigenvalue weighted by Crippen LogP contribution is -2.48. The maximum absolute atomic E-state index is 15.3. The number of nitrogens with zero attached hydrogens (tertiary/aromatic N) is 5. The van der Waals surface area contributed by atoms with Crippen LogP contribution in [0.15, 0.2) is 47.3 Å². The zero-order valence-corrected chi connectivity index (χ0v) is 14.4. The summed E-state index contributed by atoms with van der Waals surface area (Å²) in [5.74, 6) is -6.38. The summed E-state index contributed by atoms with van der Waals surface area (Å²) in [4.78, 5) is 3.58. The molecular weight excluding hydrogens is 422 g/mol. The third kappa shape index (κ3) is 3.19. The first-order valence-electron chi connectivity index (χ1n) is 7.12. The average molecular weight is 432 g/mol. The van der Waals surface area contributed by atoms with Gasteiger partial charge in [-0.05, 0) is 34.7 Å². The fourth-order valence-corrected chi connectivity index (χ4v) is 2.79. The monoisotopic (exact) mass is 431 g/mol. The molecular formula is C15H10BrF4N5O. The SMILES string of the molecule is OC(Cn1cnnn1)(c1ccc(F)cc1F)C(F)(F)c1cc(Br)ccn1. The molecule has 136 valence electrons. The van der Waals surface area contributed by atoms with Gasteiger partial charge < -0.3 is 5.11 Å². The highest BCUT2D eigenvalue weighted by molar-refractivity contribution is 9.10. The lowest BCUT2D eigenvalue weighted by molar-refractivity contribution is -0.207. The molecule has 0 spiro atoms. The first kappa shape index (κ1) is 18.4. The molecule has 0 fully saturated rings. The zero-order valence-electron chi connectivity index (χ0n) is 12.8. The molecule has 6 nitrogen and oxygen atoms in total. The molecule has 0 amide bonds. The van der Waals surface area contributed by atoms with Crippen LogP contribution in [-0.4, -0.2) is 30.3 Å². The molecule has 1 unspecified atom stereocenters. The number of alkyl halides is 2. The van der Waals surface area contributed by atoms with Gasteiger partial charge in [0.15, 0.2) is 5.60 Å². The van der Waals surface area contributed by atoms with E-state index in [1.165, 1.54) is 6.07 Å². The molecule has 1 atom stereocenters. The molecule has 0 radical (unpaired) electrons. The molecule has 0 bridgehead atoms. The summed E-state index contributed by atoms with van der Waals surface area (Å²) in [6.45, 7) is -0.899. The molecule has 3 rings (SSSR count). The summed E-state index contributed by atoms with van der Waals surface area (Å²) in [7, 11) is 0. The molecule has 3 aromatic rings. The second kappa shape index (κ2) is 6.72. The topological polar surface area (TPSA) is 76.7 Å². The number of hydrogen-bond donors (Lipinski definition) is 1. The van der Waals surface area contributed by atoms with Crippen LogP contribution in [0.1, 0.15) is 11.3 Å². The molecule has 2 heterocycles. The second-order valence-electron chi connectivity index (χ2n) is 5.43. The Kier molecular flexibility index (Phi) is 4.76. The van der Waals surface area contributed by atoms with Crippen molar-refractivity contribution < 1.29 is 22.7 Å². The summed E-state index contributed by atoms with van der Waals surface area (Å²) in [6, 6.07) is 4.34. The van der Waals surface area contributed by atoms with Crippen molar-refractivity contribution in [3.05, 3.63) is 70.2 Å². The number of rotatable bonds is 5. The number of pyridine rings is 1. The third-order valence-corrected chi connectivity index (χ3v) is 4.22. The van der Waals surface area contributed by atoms with Crippen molar-refractivity contribution in [1.82, 2.24) is 25.2 Å². The minimum atomic E-state index is -4.07. The molecule has 0 aliphatic rings. The maximum atomic E-state index is 15.3. The van der Waals surface area contributed by atoms with E-state index in [0.717, 1.165) is 35.4 Å². The van der Waals surface area contributed by atoms with Gasteiger partial charge in [0.1, 0.15) is 23.7 Å². The Hall–Kier alpha value is -2.40. The van der Waals surface area contributed by atoms with Crippen LogP contribution < -0.4 is 0 Å². The Morgan fingerprint density at radius 2 is 1.92 bits per heavy atom. The van der Waals surface area contributed by atoms with Crippen LogP contribution in [0.3, 0.4) is 0 Å². The average Bonchev–Trinajstić information content (AvgIpc) is 3.07. The largest absolute Gasteiger partial charge is 0.377 e. The fourth-order valence-electron chi connectivity index (χ4n) is 2.45. The van der Waals surface area contributed by atoms with Crippen LogP contribution in [0.25, 0.3) is 0 Å². The molecule has 0 aliphatic carbocycles. The molecule has 1 aromatic carbocycles. The Morgan fingerprint density at radius 3 is 2.54 bits per heavy atom. The van der Waals surface area contributed by atoms with E-state index in [9.17, 15) is 13.9 Å². The Morgan fingerprint density at radius 1 is 1.15 bits per heavy atom. The standard InChI is InChI=1S/C15H10BrF4N5O/c16-9-3-4-21-13(5-9)15(19,20)14(26,7-25-8-22-23-24-25)11-2-1-10(17)6-12(11)18/h1-6,8,26H,7H2. The van der Waals surface area contributed by atoms with Crippen molar-refractivity contribution in [3.8, 4) is 0 Å². The van der Waals surface area contributed by atoms with Crippen molar-refractivity contribution in [2.75, 3.05) is 0 Å². The lowest BCUT2D eigenvalue weighted by Gasteiger charge is -2.35. The molecule has 1 N–H and O–H groups in total. The van der Waals surface area contributed by atoms with E-state index in [1.807, 2.05) is 0 Å². The summed E-state index contributed by atoms with van der Waals surface area (Å²) in [5, 5.41) is 21.0. The first-order chi connectivity index (χ1) is 12.2. The Labute approximate surface area is 152 Å². The highest BCUT2D eigenvalue weighted by Gasteiger charge is 2.58. The van der Waals surface area contributed by atoms with Gasteiger partial charge in [-0.25, -0.2) is 13.5 Å². The molecule has 0 saturated heterocycles. The Balaban J connectivity index is 2.19. The number of halogens is 5. The highest BCUT2D eigenvalue weighted by atomic mass is 79.9. The van der Waals surface area contributed by atoms with Gasteiger partial charge in [-0.2, -0.15) is 8.78 Å². The fraction of sp³-hybridized carbons (Fsp3) is 0.200. The van der Waals surface area contributed by atoms with Gasteiger partial charge in [-0.15, -0.1) is 5.10 Å². The number of aliphatic hydroxyl groups is 1. The van der Waals surface area contributed by atoms with E-state index in [2.05, 4.69) is 36.4 Å². The van der Waals surface area contributed by atoms with Crippen molar-refractivity contribution in [2.45, 2.75) is 18.1 Å². The predicted octanol–water partition coefficient (Wildman–Crippen LogP) is 2.79. The van der Waals surface area contributed by atoms with Crippen LogP contribution in [0.2, 0.25) is 0 Å². The zero-order chi connectivity index (χ0) is 18.9. The van der Waals surface area contributed by atoms with Crippen LogP contribution in [0.4, 0.5) is 17.6 Å². The Bertz CT molecular complexity index is 924. The third-order valence-electron chi connectivity index (χ3n) is 3.72. The summed E-state index contributed by atoms with van der Waals surface area (Å²) < 4.78 is 59.1. The summed E-state index contributed by atoms with van der Waals surface area (Å²) >= 11 is 3.05. The molecule has 26 heavy (non-hydrogen) atoms. The number of benzene rings is 1. The van der Waals surface area contributed by atoms with Crippen molar-refractivity contribution >= 4 is 15.9 Å². The van der Waals surface area contributed by atoms with Crippen molar-refractivity contribution in [2.24, 2.45) is 0 Å². The highest BCUT2D eigenvalue weighted by Crippen LogP contribution is 2.46. The van der Waals surface area contributed by atoms with Gasteiger partial charge in [0, 0.05) is 22.3 Å². The molecule has 2 aromatic heterocycles. The van der Waals surface area contributed by atoms with E-state index < -0.39 is 41.0 Å².